The number of hydrogen-bond donors (Lipinski definition) is 1. The van der Waals surface area contributed by atoms with E-state index in [1.807, 2.05) is 24.3 Å². The van der Waals surface area contributed by atoms with Crippen LogP contribution in [0.1, 0.15) is 18.4 Å². The molecule has 0 bridgehead atoms. The van der Waals surface area contributed by atoms with Crippen molar-refractivity contribution in [3.05, 3.63) is 42.0 Å². The molecule has 1 amide bonds. The summed E-state index contributed by atoms with van der Waals surface area (Å²) in [4.78, 5) is 12.8. The smallest absolute Gasteiger partial charge is 0.235 e. The van der Waals surface area contributed by atoms with E-state index in [-0.39, 0.29) is 19.5 Å². The van der Waals surface area contributed by atoms with Crippen molar-refractivity contribution in [2.24, 2.45) is 0 Å². The van der Waals surface area contributed by atoms with Gasteiger partial charge in [-0.25, -0.2) is 0 Å². The van der Waals surface area contributed by atoms with Gasteiger partial charge in [0.15, 0.2) is 23.0 Å². The molecule has 0 unspecified atom stereocenters. The second kappa shape index (κ2) is 4.80. The number of hydrogen-bond acceptors (Lipinski definition) is 5. The van der Waals surface area contributed by atoms with Crippen molar-refractivity contribution in [1.29, 1.82) is 0 Å². The predicted molar refractivity (Wildman–Crippen MR) is 84.7 cm³/mol. The maximum atomic E-state index is 12.8. The Balaban J connectivity index is 1.40. The second-order valence-electron chi connectivity index (χ2n) is 6.17. The van der Waals surface area contributed by atoms with Crippen molar-refractivity contribution in [3.63, 3.8) is 0 Å². The van der Waals surface area contributed by atoms with Crippen LogP contribution in [0.3, 0.4) is 0 Å². The summed E-state index contributed by atoms with van der Waals surface area (Å²) in [6.07, 6.45) is 1.64. The molecule has 1 N–H and O–H groups in total. The van der Waals surface area contributed by atoms with Gasteiger partial charge in [-0.2, -0.15) is 0 Å². The summed E-state index contributed by atoms with van der Waals surface area (Å²) >= 11 is 0. The van der Waals surface area contributed by atoms with Gasteiger partial charge in [0.2, 0.25) is 19.5 Å². The molecule has 1 aliphatic carbocycles. The van der Waals surface area contributed by atoms with Crippen LogP contribution in [0.5, 0.6) is 23.0 Å². The van der Waals surface area contributed by atoms with Crippen molar-refractivity contribution in [2.75, 3.05) is 18.9 Å². The van der Waals surface area contributed by atoms with Gasteiger partial charge in [0.05, 0.1) is 5.41 Å². The molecule has 0 radical (unpaired) electrons. The molecule has 1 fully saturated rings. The van der Waals surface area contributed by atoms with E-state index >= 15 is 0 Å². The summed E-state index contributed by atoms with van der Waals surface area (Å²) in [6.45, 7) is 0.447. The Labute approximate surface area is 138 Å². The van der Waals surface area contributed by atoms with E-state index in [1.54, 1.807) is 12.1 Å². The Hall–Kier alpha value is -2.89. The maximum Gasteiger partial charge on any atom is 0.235 e. The number of fused-ring (bicyclic) bond motifs is 2. The van der Waals surface area contributed by atoms with Crippen LogP contribution in [0, 0.1) is 0 Å². The first-order valence-electron chi connectivity index (χ1n) is 7.86. The number of benzene rings is 2. The van der Waals surface area contributed by atoms with Gasteiger partial charge in [0.1, 0.15) is 0 Å². The van der Waals surface area contributed by atoms with Crippen LogP contribution < -0.4 is 24.3 Å². The number of carbonyl (C=O) groups excluding carboxylic acids is 1. The fraction of sp³-hybridized carbons (Fsp3) is 0.278. The fourth-order valence-electron chi connectivity index (χ4n) is 3.19. The lowest BCUT2D eigenvalue weighted by Crippen LogP contribution is -2.27. The Bertz CT molecular complexity index is 843. The Morgan fingerprint density at radius 1 is 0.833 bits per heavy atom. The van der Waals surface area contributed by atoms with E-state index < -0.39 is 5.41 Å². The minimum atomic E-state index is -0.489. The highest BCUT2D eigenvalue weighted by Gasteiger charge is 2.51. The van der Waals surface area contributed by atoms with Gasteiger partial charge in [-0.15, -0.1) is 0 Å². The van der Waals surface area contributed by atoms with Crippen LogP contribution in [-0.4, -0.2) is 19.5 Å². The Morgan fingerprint density at radius 3 is 2.17 bits per heavy atom. The Morgan fingerprint density at radius 2 is 1.46 bits per heavy atom. The second-order valence-corrected chi connectivity index (χ2v) is 6.17. The molecule has 2 heterocycles. The average Bonchev–Trinajstić information content (AvgIpc) is 3.05. The third kappa shape index (κ3) is 1.99. The maximum absolute atomic E-state index is 12.8. The molecular formula is C18H15NO5. The minimum Gasteiger partial charge on any atom is -0.454 e. The van der Waals surface area contributed by atoms with Gasteiger partial charge in [-0.1, -0.05) is 6.07 Å². The number of rotatable bonds is 3. The molecule has 2 aliphatic heterocycles. The molecule has 1 saturated carbocycles. The van der Waals surface area contributed by atoms with Gasteiger partial charge in [-0.3, -0.25) is 4.79 Å². The highest BCUT2D eigenvalue weighted by Crippen LogP contribution is 2.51. The number of amides is 1. The molecule has 0 saturated heterocycles. The summed E-state index contributed by atoms with van der Waals surface area (Å²) in [5, 5.41) is 2.99. The highest BCUT2D eigenvalue weighted by molar-refractivity contribution is 6.01. The zero-order valence-corrected chi connectivity index (χ0v) is 12.8. The molecule has 0 spiro atoms. The topological polar surface area (TPSA) is 66.0 Å². The first kappa shape index (κ1) is 13.5. The van der Waals surface area contributed by atoms with Crippen LogP contribution in [-0.2, 0) is 10.2 Å². The van der Waals surface area contributed by atoms with E-state index in [9.17, 15) is 4.79 Å². The van der Waals surface area contributed by atoms with Crippen molar-refractivity contribution in [1.82, 2.24) is 0 Å². The van der Waals surface area contributed by atoms with Crippen LogP contribution >= 0.6 is 0 Å². The lowest BCUT2D eigenvalue weighted by atomic mass is 9.94. The molecule has 6 nitrogen and oxygen atoms in total. The Kier molecular flexibility index (Phi) is 2.71. The SMILES string of the molecule is O=C(Nc1ccc2c(c1)OCO2)C1(c2ccc3c(c2)OCO3)CC1. The summed E-state index contributed by atoms with van der Waals surface area (Å²) < 4.78 is 21.4. The molecule has 2 aromatic rings. The number of ether oxygens (including phenoxy) is 4. The van der Waals surface area contributed by atoms with Gasteiger partial charge in [0.25, 0.3) is 0 Å². The van der Waals surface area contributed by atoms with Crippen molar-refractivity contribution >= 4 is 11.6 Å². The van der Waals surface area contributed by atoms with Crippen molar-refractivity contribution < 1.29 is 23.7 Å². The number of nitrogens with one attached hydrogen (secondary N) is 1. The lowest BCUT2D eigenvalue weighted by molar-refractivity contribution is -0.118. The normalized spacial score (nSPS) is 18.3. The summed E-state index contributed by atoms with van der Waals surface area (Å²) in [7, 11) is 0. The molecule has 0 aromatic heterocycles. The summed E-state index contributed by atoms with van der Waals surface area (Å²) in [5.74, 6) is 2.77. The average molecular weight is 325 g/mol. The number of carbonyl (C=O) groups is 1. The van der Waals surface area contributed by atoms with E-state index in [0.29, 0.717) is 22.9 Å². The molecule has 3 aliphatic rings. The van der Waals surface area contributed by atoms with E-state index in [1.165, 1.54) is 0 Å². The van der Waals surface area contributed by atoms with Crippen LogP contribution in [0.2, 0.25) is 0 Å². The summed E-state index contributed by atoms with van der Waals surface area (Å²) in [6, 6.07) is 11.1. The molecule has 5 rings (SSSR count). The third-order valence-corrected chi connectivity index (χ3v) is 4.74. The first-order valence-corrected chi connectivity index (χ1v) is 7.86. The predicted octanol–water partition coefficient (Wildman–Crippen LogP) is 2.81. The zero-order chi connectivity index (χ0) is 16.1. The van der Waals surface area contributed by atoms with Crippen LogP contribution in [0.4, 0.5) is 5.69 Å². The molecule has 2 aromatic carbocycles. The lowest BCUT2D eigenvalue weighted by Gasteiger charge is -2.16. The summed E-state index contributed by atoms with van der Waals surface area (Å²) in [5.41, 5.74) is 1.18. The van der Waals surface area contributed by atoms with Gasteiger partial charge in [-0.05, 0) is 42.7 Å². The highest BCUT2D eigenvalue weighted by atomic mass is 16.7. The van der Waals surface area contributed by atoms with Crippen LogP contribution in [0.25, 0.3) is 0 Å². The van der Waals surface area contributed by atoms with E-state index in [2.05, 4.69) is 5.32 Å². The molecule has 6 heteroatoms. The molecular weight excluding hydrogens is 310 g/mol. The van der Waals surface area contributed by atoms with Crippen LogP contribution in [0.15, 0.2) is 36.4 Å². The molecule has 24 heavy (non-hydrogen) atoms. The molecule has 122 valence electrons. The monoisotopic (exact) mass is 325 g/mol. The standard InChI is InChI=1S/C18H15NO5/c20-17(19-12-2-4-14-16(8-12)24-10-22-14)18(5-6-18)11-1-3-13-15(7-11)23-9-21-13/h1-4,7-8H,5-6,9-10H2,(H,19,20). The third-order valence-electron chi connectivity index (χ3n) is 4.74. The minimum absolute atomic E-state index is 0.0137. The van der Waals surface area contributed by atoms with E-state index in [4.69, 9.17) is 18.9 Å². The van der Waals surface area contributed by atoms with Gasteiger partial charge in [0, 0.05) is 11.8 Å². The van der Waals surface area contributed by atoms with Gasteiger partial charge >= 0.3 is 0 Å². The number of anilines is 1. The van der Waals surface area contributed by atoms with Crippen molar-refractivity contribution in [2.45, 2.75) is 18.3 Å². The van der Waals surface area contributed by atoms with Crippen molar-refractivity contribution in [3.8, 4) is 23.0 Å². The van der Waals surface area contributed by atoms with Gasteiger partial charge < -0.3 is 24.3 Å². The zero-order valence-electron chi connectivity index (χ0n) is 12.8. The quantitative estimate of drug-likeness (QED) is 0.940. The molecule has 0 atom stereocenters. The largest absolute Gasteiger partial charge is 0.454 e. The first-order chi connectivity index (χ1) is 11.7. The van der Waals surface area contributed by atoms with E-state index in [0.717, 1.165) is 24.2 Å². The fourth-order valence-corrected chi connectivity index (χ4v) is 3.19.